The highest BCUT2D eigenvalue weighted by Gasteiger charge is 2.29. The fraction of sp³-hybridized carbons (Fsp3) is 0.654. The van der Waals surface area contributed by atoms with Gasteiger partial charge in [-0.3, -0.25) is 9.58 Å². The van der Waals surface area contributed by atoms with E-state index in [1.54, 1.807) is 0 Å². The molecule has 1 aliphatic carbocycles. The van der Waals surface area contributed by atoms with Crippen LogP contribution in [-0.4, -0.2) is 92.6 Å². The lowest BCUT2D eigenvalue weighted by Crippen LogP contribution is -2.46. The van der Waals surface area contributed by atoms with Crippen molar-refractivity contribution in [3.05, 3.63) is 24.7 Å². The first-order valence-electron chi connectivity index (χ1n) is 13.6. The summed E-state index contributed by atoms with van der Waals surface area (Å²) in [5, 5.41) is 17.5. The summed E-state index contributed by atoms with van der Waals surface area (Å²) in [4.78, 5) is 12.1. The summed E-state index contributed by atoms with van der Waals surface area (Å²) in [6, 6.07) is 2.91. The summed E-state index contributed by atoms with van der Waals surface area (Å²) in [5.41, 5.74) is 2.46. The number of hydrogen-bond donors (Lipinski definition) is 2. The van der Waals surface area contributed by atoms with Gasteiger partial charge in [0.05, 0.1) is 43.3 Å². The minimum absolute atomic E-state index is 0.0409. The first-order chi connectivity index (χ1) is 18.3. The second kappa shape index (κ2) is 11.3. The minimum Gasteiger partial charge on any atom is -0.473 e. The Hall–Kier alpha value is -2.73. The highest BCUT2D eigenvalue weighted by atomic mass is 16.5. The molecule has 2 saturated heterocycles. The third-order valence-electron chi connectivity index (χ3n) is 7.83. The van der Waals surface area contributed by atoms with Crippen LogP contribution in [0.25, 0.3) is 11.0 Å². The standard InChI is InChI=1S/C26H37N7O4/c34-12-9-32-8-5-23-24(32)25(37-22-3-1-20(2-4-22)31-10-15-36-16-11-31)30-26(29-23)28-19-17-27-33(18-19)21-6-13-35-14-7-21/h5,8,17-18,20-22,34H,1-4,6-7,9-16H2,(H,28,29,30). The molecule has 37 heavy (non-hydrogen) atoms. The van der Waals surface area contributed by atoms with Crippen LogP contribution < -0.4 is 10.1 Å². The first kappa shape index (κ1) is 24.6. The summed E-state index contributed by atoms with van der Waals surface area (Å²) in [6.45, 7) is 5.77. The van der Waals surface area contributed by atoms with E-state index >= 15 is 0 Å². The predicted molar refractivity (Wildman–Crippen MR) is 138 cm³/mol. The van der Waals surface area contributed by atoms with Gasteiger partial charge in [0.15, 0.2) is 0 Å². The number of anilines is 2. The third-order valence-corrected chi connectivity index (χ3v) is 7.83. The quantitative estimate of drug-likeness (QED) is 0.471. The Morgan fingerprint density at radius 2 is 1.76 bits per heavy atom. The van der Waals surface area contributed by atoms with E-state index in [-0.39, 0.29) is 12.7 Å². The number of rotatable bonds is 8. The van der Waals surface area contributed by atoms with Crippen molar-refractivity contribution in [2.45, 2.75) is 63.3 Å². The van der Waals surface area contributed by atoms with Crippen molar-refractivity contribution in [3.63, 3.8) is 0 Å². The van der Waals surface area contributed by atoms with Crippen LogP contribution >= 0.6 is 0 Å². The number of morpholine rings is 1. The average molecular weight is 512 g/mol. The third kappa shape index (κ3) is 5.59. The molecular weight excluding hydrogens is 474 g/mol. The number of ether oxygens (including phenoxy) is 3. The monoisotopic (exact) mass is 511 g/mol. The molecule has 0 bridgehead atoms. The van der Waals surface area contributed by atoms with Gasteiger partial charge in [-0.05, 0) is 44.6 Å². The number of fused-ring (bicyclic) bond motifs is 1. The zero-order valence-electron chi connectivity index (χ0n) is 21.3. The van der Waals surface area contributed by atoms with Crippen molar-refractivity contribution in [3.8, 4) is 5.88 Å². The topological polar surface area (TPSA) is 112 Å². The Morgan fingerprint density at radius 3 is 2.54 bits per heavy atom. The zero-order chi connectivity index (χ0) is 25.0. The van der Waals surface area contributed by atoms with Gasteiger partial charge in [-0.1, -0.05) is 0 Å². The highest BCUT2D eigenvalue weighted by molar-refractivity contribution is 5.82. The van der Waals surface area contributed by atoms with Crippen LogP contribution in [0.3, 0.4) is 0 Å². The van der Waals surface area contributed by atoms with Gasteiger partial charge in [0, 0.05) is 51.3 Å². The second-order valence-electron chi connectivity index (χ2n) is 10.2. The number of aliphatic hydroxyl groups is 1. The molecule has 0 unspecified atom stereocenters. The van der Waals surface area contributed by atoms with Crippen molar-refractivity contribution in [2.24, 2.45) is 0 Å². The van der Waals surface area contributed by atoms with Crippen molar-refractivity contribution in [1.82, 2.24) is 29.2 Å². The lowest BCUT2D eigenvalue weighted by molar-refractivity contribution is -0.00127. The Kier molecular flexibility index (Phi) is 7.54. The Balaban J connectivity index is 1.18. The maximum absolute atomic E-state index is 9.58. The summed E-state index contributed by atoms with van der Waals surface area (Å²) in [6.07, 6.45) is 12.0. The normalized spacial score (nSPS) is 23.9. The lowest BCUT2D eigenvalue weighted by atomic mass is 9.91. The smallest absolute Gasteiger partial charge is 0.243 e. The van der Waals surface area contributed by atoms with Gasteiger partial charge in [-0.2, -0.15) is 10.1 Å². The van der Waals surface area contributed by atoms with E-state index in [0.29, 0.717) is 30.5 Å². The minimum atomic E-state index is 0.0409. The summed E-state index contributed by atoms with van der Waals surface area (Å²) in [7, 11) is 0. The largest absolute Gasteiger partial charge is 0.473 e. The van der Waals surface area contributed by atoms with Gasteiger partial charge >= 0.3 is 0 Å². The maximum atomic E-state index is 9.58. The molecule has 11 heteroatoms. The number of hydrogen-bond acceptors (Lipinski definition) is 9. The number of aliphatic hydroxyl groups excluding tert-OH is 1. The van der Waals surface area contributed by atoms with Gasteiger partial charge < -0.3 is 29.2 Å². The Morgan fingerprint density at radius 1 is 0.973 bits per heavy atom. The van der Waals surface area contributed by atoms with Crippen LogP contribution in [0.1, 0.15) is 44.6 Å². The van der Waals surface area contributed by atoms with E-state index in [0.717, 1.165) is 94.8 Å². The van der Waals surface area contributed by atoms with Crippen molar-refractivity contribution < 1.29 is 19.3 Å². The molecule has 0 radical (unpaired) electrons. The van der Waals surface area contributed by atoms with Gasteiger partial charge in [0.25, 0.3) is 0 Å². The summed E-state index contributed by atoms with van der Waals surface area (Å²) >= 11 is 0. The van der Waals surface area contributed by atoms with Gasteiger partial charge in [-0.25, -0.2) is 4.98 Å². The van der Waals surface area contributed by atoms with Crippen LogP contribution in [0.4, 0.5) is 11.6 Å². The van der Waals surface area contributed by atoms with E-state index < -0.39 is 0 Å². The van der Waals surface area contributed by atoms with Gasteiger partial charge in [-0.15, -0.1) is 0 Å². The van der Waals surface area contributed by atoms with Crippen LogP contribution in [0.5, 0.6) is 5.88 Å². The average Bonchev–Trinajstić information content (AvgIpc) is 3.58. The molecule has 0 aromatic carbocycles. The van der Waals surface area contributed by atoms with Crippen molar-refractivity contribution in [2.75, 3.05) is 51.4 Å². The van der Waals surface area contributed by atoms with Crippen LogP contribution in [0.2, 0.25) is 0 Å². The molecule has 2 aliphatic heterocycles. The lowest BCUT2D eigenvalue weighted by Gasteiger charge is -2.38. The second-order valence-corrected chi connectivity index (χ2v) is 10.2. The van der Waals surface area contributed by atoms with Crippen LogP contribution in [0.15, 0.2) is 24.7 Å². The van der Waals surface area contributed by atoms with E-state index in [1.165, 1.54) is 0 Å². The zero-order valence-corrected chi connectivity index (χ0v) is 21.3. The van der Waals surface area contributed by atoms with Crippen molar-refractivity contribution in [1.29, 1.82) is 0 Å². The summed E-state index contributed by atoms with van der Waals surface area (Å²) < 4.78 is 21.5. The van der Waals surface area contributed by atoms with E-state index in [4.69, 9.17) is 24.2 Å². The molecule has 6 rings (SSSR count). The molecule has 3 fully saturated rings. The number of nitrogens with one attached hydrogen (secondary N) is 1. The van der Waals surface area contributed by atoms with E-state index in [1.807, 2.05) is 33.9 Å². The molecule has 0 amide bonds. The molecule has 3 aliphatic rings. The first-order valence-corrected chi connectivity index (χ1v) is 13.6. The summed E-state index contributed by atoms with van der Waals surface area (Å²) in [5.74, 6) is 1.05. The maximum Gasteiger partial charge on any atom is 0.243 e. The van der Waals surface area contributed by atoms with E-state index in [2.05, 4.69) is 15.3 Å². The SMILES string of the molecule is OCCn1ccc2nc(Nc3cnn(C4CCOCC4)c3)nc(OC3CCC(N4CCOCC4)CC3)c21. The Labute approximate surface area is 216 Å². The molecule has 5 heterocycles. The van der Waals surface area contributed by atoms with Crippen LogP contribution in [0, 0.1) is 0 Å². The molecule has 2 N–H and O–H groups in total. The molecule has 200 valence electrons. The molecular formula is C26H37N7O4. The molecule has 0 spiro atoms. The number of aromatic nitrogens is 5. The Bertz CT molecular complexity index is 1160. The predicted octanol–water partition coefficient (Wildman–Crippen LogP) is 2.74. The van der Waals surface area contributed by atoms with Gasteiger partial charge in [0.1, 0.15) is 11.6 Å². The van der Waals surface area contributed by atoms with Crippen molar-refractivity contribution >= 4 is 22.7 Å². The molecule has 3 aromatic heterocycles. The molecule has 0 atom stereocenters. The number of nitrogens with zero attached hydrogens (tertiary/aromatic N) is 6. The van der Waals surface area contributed by atoms with Crippen LogP contribution in [-0.2, 0) is 16.0 Å². The fourth-order valence-electron chi connectivity index (χ4n) is 5.81. The highest BCUT2D eigenvalue weighted by Crippen LogP contribution is 2.32. The molecule has 1 saturated carbocycles. The molecule has 3 aromatic rings. The molecule has 11 nitrogen and oxygen atoms in total. The fourth-order valence-corrected chi connectivity index (χ4v) is 5.81. The van der Waals surface area contributed by atoms with Gasteiger partial charge in [0.2, 0.25) is 11.8 Å². The van der Waals surface area contributed by atoms with E-state index in [9.17, 15) is 5.11 Å².